The molecule has 0 aliphatic rings. The molecule has 0 saturated heterocycles. The molecule has 0 aliphatic carbocycles. The standard InChI is InChI=1S/C24H30IN3O6S/c1-6-33-22-13-18(12-20(25)23(22)34-17(5)29)14-26-27-24(30)21(11-15(2)3)28-35(31,32)19-9-7-16(4)8-10-19/h7-10,12-15,21,28H,6,11H2,1-5H3,(H,27,30)/b26-14-/t21-/m1/s1. The zero-order chi connectivity index (χ0) is 26.2. The number of nitrogens with zero attached hydrogens (tertiary/aromatic N) is 1. The molecule has 9 nitrogen and oxygen atoms in total. The largest absolute Gasteiger partial charge is 0.490 e. The average molecular weight is 615 g/mol. The number of nitrogens with one attached hydrogen (secondary N) is 2. The summed E-state index contributed by atoms with van der Waals surface area (Å²) in [5, 5.41) is 3.99. The van der Waals surface area contributed by atoms with Crippen molar-refractivity contribution in [3.63, 3.8) is 0 Å². The fourth-order valence-corrected chi connectivity index (χ4v) is 5.01. The first-order chi connectivity index (χ1) is 16.4. The van der Waals surface area contributed by atoms with Crippen LogP contribution in [0.1, 0.15) is 45.2 Å². The number of rotatable bonds is 11. The molecule has 0 heterocycles. The van der Waals surface area contributed by atoms with Crippen LogP contribution in [0.25, 0.3) is 0 Å². The summed E-state index contributed by atoms with van der Waals surface area (Å²) in [5.41, 5.74) is 3.93. The minimum Gasteiger partial charge on any atom is -0.490 e. The minimum atomic E-state index is -3.90. The predicted molar refractivity (Wildman–Crippen MR) is 142 cm³/mol. The van der Waals surface area contributed by atoms with Crippen molar-refractivity contribution < 1.29 is 27.5 Å². The topological polar surface area (TPSA) is 123 Å². The number of halogens is 1. The van der Waals surface area contributed by atoms with Crippen LogP contribution >= 0.6 is 22.6 Å². The number of hydrazone groups is 1. The lowest BCUT2D eigenvalue weighted by molar-refractivity contribution is -0.132. The fraction of sp³-hybridized carbons (Fsp3) is 0.375. The van der Waals surface area contributed by atoms with E-state index in [0.717, 1.165) is 5.56 Å². The Kier molecular flexibility index (Phi) is 10.7. The Morgan fingerprint density at radius 3 is 2.40 bits per heavy atom. The molecule has 2 rings (SSSR count). The van der Waals surface area contributed by atoms with Crippen LogP contribution in [0, 0.1) is 16.4 Å². The summed E-state index contributed by atoms with van der Waals surface area (Å²) < 4.78 is 39.5. The number of aryl methyl sites for hydroxylation is 1. The molecular weight excluding hydrogens is 585 g/mol. The summed E-state index contributed by atoms with van der Waals surface area (Å²) in [5.74, 6) is -0.321. The zero-order valence-corrected chi connectivity index (χ0v) is 23.3. The predicted octanol–water partition coefficient (Wildman–Crippen LogP) is 3.77. The van der Waals surface area contributed by atoms with Crippen LogP contribution < -0.4 is 19.6 Å². The number of hydrogen-bond acceptors (Lipinski definition) is 7. The van der Waals surface area contributed by atoms with Crippen molar-refractivity contribution in [3.8, 4) is 11.5 Å². The van der Waals surface area contributed by atoms with Crippen LogP contribution in [-0.2, 0) is 19.6 Å². The minimum absolute atomic E-state index is 0.0552. The van der Waals surface area contributed by atoms with Gasteiger partial charge in [-0.2, -0.15) is 9.82 Å². The SMILES string of the molecule is CCOc1cc(/C=N\NC(=O)[C@@H](CC(C)C)NS(=O)(=O)c2ccc(C)cc2)cc(I)c1OC(C)=O. The second kappa shape index (κ2) is 13.0. The van der Waals surface area contributed by atoms with Crippen LogP contribution in [0.2, 0.25) is 0 Å². The number of amides is 1. The number of ether oxygens (including phenoxy) is 2. The molecule has 1 amide bonds. The molecule has 0 saturated carbocycles. The van der Waals surface area contributed by atoms with Crippen LogP contribution in [0.15, 0.2) is 46.4 Å². The lowest BCUT2D eigenvalue weighted by Crippen LogP contribution is -2.46. The molecule has 0 radical (unpaired) electrons. The summed E-state index contributed by atoms with van der Waals surface area (Å²) >= 11 is 2.01. The van der Waals surface area contributed by atoms with Crippen molar-refractivity contribution in [2.45, 2.75) is 52.0 Å². The van der Waals surface area contributed by atoms with Gasteiger partial charge in [-0.05, 0) is 78.6 Å². The maximum Gasteiger partial charge on any atom is 0.308 e. The van der Waals surface area contributed by atoms with E-state index in [2.05, 4.69) is 15.2 Å². The number of hydrogen-bond donors (Lipinski definition) is 2. The smallest absolute Gasteiger partial charge is 0.308 e. The molecule has 1 atom stereocenters. The van der Waals surface area contributed by atoms with Gasteiger partial charge >= 0.3 is 5.97 Å². The van der Waals surface area contributed by atoms with Crippen LogP contribution in [0.4, 0.5) is 0 Å². The molecule has 2 aromatic rings. The highest BCUT2D eigenvalue weighted by molar-refractivity contribution is 14.1. The summed E-state index contributed by atoms with van der Waals surface area (Å²) in [7, 11) is -3.90. The fourth-order valence-electron chi connectivity index (χ4n) is 3.07. The van der Waals surface area contributed by atoms with Gasteiger partial charge in [-0.25, -0.2) is 13.8 Å². The number of esters is 1. The van der Waals surface area contributed by atoms with Gasteiger partial charge in [0.1, 0.15) is 6.04 Å². The molecule has 2 aromatic carbocycles. The summed E-state index contributed by atoms with van der Waals surface area (Å²) in [4.78, 5) is 24.3. The van der Waals surface area contributed by atoms with Crippen molar-refractivity contribution in [1.29, 1.82) is 0 Å². The maximum absolute atomic E-state index is 12.8. The first-order valence-electron chi connectivity index (χ1n) is 11.0. The molecule has 190 valence electrons. The first-order valence-corrected chi connectivity index (χ1v) is 13.6. The Morgan fingerprint density at radius 1 is 1.17 bits per heavy atom. The third-order valence-corrected chi connectivity index (χ3v) is 6.91. The van der Waals surface area contributed by atoms with Gasteiger partial charge in [-0.3, -0.25) is 9.59 Å². The quantitative estimate of drug-likeness (QED) is 0.131. The van der Waals surface area contributed by atoms with Gasteiger partial charge in [0.05, 0.1) is 21.3 Å². The summed E-state index contributed by atoms with van der Waals surface area (Å²) in [6.07, 6.45) is 1.69. The molecule has 35 heavy (non-hydrogen) atoms. The second-order valence-electron chi connectivity index (χ2n) is 8.21. The lowest BCUT2D eigenvalue weighted by atomic mass is 10.0. The number of carbonyl (C=O) groups is 2. The van der Waals surface area contributed by atoms with E-state index in [1.54, 1.807) is 31.2 Å². The molecule has 0 bridgehead atoms. The van der Waals surface area contributed by atoms with Crippen molar-refractivity contribution in [1.82, 2.24) is 10.1 Å². The Morgan fingerprint density at radius 2 is 1.83 bits per heavy atom. The van der Waals surface area contributed by atoms with E-state index in [4.69, 9.17) is 9.47 Å². The van der Waals surface area contributed by atoms with Gasteiger partial charge in [0.2, 0.25) is 10.0 Å². The van der Waals surface area contributed by atoms with Gasteiger partial charge in [0.15, 0.2) is 11.5 Å². The van der Waals surface area contributed by atoms with Crippen molar-refractivity contribution in [3.05, 3.63) is 51.1 Å². The zero-order valence-electron chi connectivity index (χ0n) is 20.3. The monoisotopic (exact) mass is 615 g/mol. The molecule has 0 fully saturated rings. The van der Waals surface area contributed by atoms with Gasteiger partial charge < -0.3 is 9.47 Å². The highest BCUT2D eigenvalue weighted by Gasteiger charge is 2.26. The third kappa shape index (κ3) is 8.89. The molecule has 2 N–H and O–H groups in total. The lowest BCUT2D eigenvalue weighted by Gasteiger charge is -2.19. The third-order valence-electron chi connectivity index (χ3n) is 4.62. The van der Waals surface area contributed by atoms with Crippen molar-refractivity contribution >= 4 is 50.7 Å². The molecule has 0 unspecified atom stereocenters. The molecule has 0 aromatic heterocycles. The molecule has 0 spiro atoms. The number of carbonyl (C=O) groups excluding carboxylic acids is 2. The van der Waals surface area contributed by atoms with Gasteiger partial charge in [0, 0.05) is 6.92 Å². The van der Waals surface area contributed by atoms with E-state index >= 15 is 0 Å². The molecule has 0 aliphatic heterocycles. The average Bonchev–Trinajstić information content (AvgIpc) is 2.75. The van der Waals surface area contributed by atoms with Gasteiger partial charge in [-0.15, -0.1) is 0 Å². The number of sulfonamides is 1. The first kappa shape index (κ1) is 28.7. The van der Waals surface area contributed by atoms with Gasteiger partial charge in [-0.1, -0.05) is 31.5 Å². The van der Waals surface area contributed by atoms with E-state index in [1.165, 1.54) is 25.3 Å². The van der Waals surface area contributed by atoms with Gasteiger partial charge in [0.25, 0.3) is 5.91 Å². The Bertz CT molecular complexity index is 1180. The van der Waals surface area contributed by atoms with E-state index in [0.29, 0.717) is 27.2 Å². The van der Waals surface area contributed by atoms with E-state index < -0.39 is 27.9 Å². The number of benzene rings is 2. The van der Waals surface area contributed by atoms with Crippen molar-refractivity contribution in [2.75, 3.05) is 6.61 Å². The Hall–Kier alpha value is -2.51. The van der Waals surface area contributed by atoms with Crippen LogP contribution in [-0.4, -0.2) is 39.2 Å². The van der Waals surface area contributed by atoms with E-state index in [-0.39, 0.29) is 17.2 Å². The summed E-state index contributed by atoms with van der Waals surface area (Å²) in [6, 6.07) is 8.72. The van der Waals surface area contributed by atoms with E-state index in [9.17, 15) is 18.0 Å². The van der Waals surface area contributed by atoms with Crippen molar-refractivity contribution in [2.24, 2.45) is 11.0 Å². The summed E-state index contributed by atoms with van der Waals surface area (Å²) in [6.45, 7) is 9.12. The second-order valence-corrected chi connectivity index (χ2v) is 11.1. The maximum atomic E-state index is 12.8. The normalized spacial score (nSPS) is 12.5. The van der Waals surface area contributed by atoms with Crippen LogP contribution in [0.3, 0.4) is 0 Å². The molecular formula is C24H30IN3O6S. The Balaban J connectivity index is 2.19. The van der Waals surface area contributed by atoms with E-state index in [1.807, 2.05) is 43.4 Å². The highest BCUT2D eigenvalue weighted by atomic mass is 127. The Labute approximate surface area is 219 Å². The van der Waals surface area contributed by atoms with Crippen LogP contribution in [0.5, 0.6) is 11.5 Å². The molecule has 11 heteroatoms. The highest BCUT2D eigenvalue weighted by Crippen LogP contribution is 2.34.